The normalized spacial score (nSPS) is 22.7. The summed E-state index contributed by atoms with van der Waals surface area (Å²) in [5.74, 6) is -0.555. The van der Waals surface area contributed by atoms with Crippen molar-refractivity contribution in [3.05, 3.63) is 16.0 Å². The molecule has 0 unspecified atom stereocenters. The molecule has 1 heterocycles. The molecule has 2 amide bonds. The summed E-state index contributed by atoms with van der Waals surface area (Å²) in [5, 5.41) is 6.35. The highest BCUT2D eigenvalue weighted by Gasteiger charge is 2.30. The number of carbonyl (C=O) groups excluding carboxylic acids is 3. The van der Waals surface area contributed by atoms with Gasteiger partial charge < -0.3 is 15.4 Å². The first-order chi connectivity index (χ1) is 13.4. The van der Waals surface area contributed by atoms with Gasteiger partial charge in [-0.3, -0.25) is 9.59 Å². The van der Waals surface area contributed by atoms with Gasteiger partial charge in [-0.25, -0.2) is 4.79 Å². The Morgan fingerprint density at radius 1 is 1.11 bits per heavy atom. The Hall–Kier alpha value is -1.89. The van der Waals surface area contributed by atoms with Crippen LogP contribution in [0.4, 0.5) is 5.00 Å². The number of aryl methyl sites for hydroxylation is 1. The van der Waals surface area contributed by atoms with Gasteiger partial charge in [0.1, 0.15) is 5.00 Å². The molecule has 6 nitrogen and oxygen atoms in total. The van der Waals surface area contributed by atoms with E-state index < -0.39 is 12.1 Å². The van der Waals surface area contributed by atoms with E-state index in [1.807, 2.05) is 0 Å². The number of nitrogens with one attached hydrogen (secondary N) is 2. The van der Waals surface area contributed by atoms with Crippen molar-refractivity contribution in [3.8, 4) is 0 Å². The number of hydrogen-bond acceptors (Lipinski definition) is 5. The number of fused-ring (bicyclic) bond motifs is 1. The first kappa shape index (κ1) is 20.8. The van der Waals surface area contributed by atoms with E-state index in [4.69, 9.17) is 4.74 Å². The predicted molar refractivity (Wildman–Crippen MR) is 110 cm³/mol. The lowest BCUT2D eigenvalue weighted by Crippen LogP contribution is -2.46. The first-order valence-electron chi connectivity index (χ1n) is 10.3. The van der Waals surface area contributed by atoms with Crippen molar-refractivity contribution >= 4 is 34.1 Å². The molecule has 1 aromatic heterocycles. The van der Waals surface area contributed by atoms with Crippen molar-refractivity contribution < 1.29 is 19.1 Å². The summed E-state index contributed by atoms with van der Waals surface area (Å²) < 4.78 is 5.53. The Bertz CT molecular complexity index is 758. The fourth-order valence-corrected chi connectivity index (χ4v) is 5.46. The van der Waals surface area contributed by atoms with Crippen molar-refractivity contribution in [2.75, 3.05) is 5.32 Å². The van der Waals surface area contributed by atoms with Gasteiger partial charge in [0.15, 0.2) is 6.10 Å². The smallest absolute Gasteiger partial charge is 0.342 e. The molecule has 1 fully saturated rings. The molecular formula is C21H30N2O4S. The molecule has 0 aromatic carbocycles. The van der Waals surface area contributed by atoms with Crippen LogP contribution in [0.2, 0.25) is 0 Å². The van der Waals surface area contributed by atoms with Crippen molar-refractivity contribution in [3.63, 3.8) is 0 Å². The molecule has 2 aliphatic carbocycles. The highest BCUT2D eigenvalue weighted by molar-refractivity contribution is 7.17. The predicted octanol–water partition coefficient (Wildman–Crippen LogP) is 3.83. The van der Waals surface area contributed by atoms with Crippen LogP contribution in [0, 0.1) is 5.92 Å². The maximum absolute atomic E-state index is 12.9. The van der Waals surface area contributed by atoms with E-state index in [0.717, 1.165) is 55.4 Å². The standard InChI is InChI=1S/C21H30N2O4S/c1-12-8-4-6-10-16(12)23-19(25)13(2)27-21(26)18-15-9-5-7-11-17(15)28-20(18)22-14(3)24/h12-13,16H,4-11H2,1-3H3,(H,22,24)(H,23,25)/t12-,13-,16+/m1/s1. The van der Waals surface area contributed by atoms with Gasteiger partial charge in [-0.2, -0.15) is 0 Å². The number of rotatable bonds is 5. The van der Waals surface area contributed by atoms with Crippen LogP contribution >= 0.6 is 11.3 Å². The van der Waals surface area contributed by atoms with Gasteiger partial charge in [0, 0.05) is 17.8 Å². The van der Waals surface area contributed by atoms with E-state index in [2.05, 4.69) is 17.6 Å². The lowest BCUT2D eigenvalue weighted by molar-refractivity contribution is -0.130. The maximum Gasteiger partial charge on any atom is 0.342 e. The second kappa shape index (κ2) is 9.07. The molecule has 28 heavy (non-hydrogen) atoms. The van der Waals surface area contributed by atoms with Crippen LogP contribution in [0.1, 0.15) is 80.1 Å². The number of thiophene rings is 1. The third-order valence-electron chi connectivity index (χ3n) is 5.76. The van der Waals surface area contributed by atoms with E-state index in [9.17, 15) is 14.4 Å². The fraction of sp³-hybridized carbons (Fsp3) is 0.667. The van der Waals surface area contributed by atoms with Gasteiger partial charge in [-0.1, -0.05) is 19.8 Å². The monoisotopic (exact) mass is 406 g/mol. The van der Waals surface area contributed by atoms with Crippen LogP contribution in [-0.4, -0.2) is 29.9 Å². The van der Waals surface area contributed by atoms with Gasteiger partial charge in [0.25, 0.3) is 5.91 Å². The Morgan fingerprint density at radius 3 is 2.54 bits per heavy atom. The SMILES string of the molecule is CC(=O)Nc1sc2c(c1C(=O)O[C@H](C)C(=O)N[C@H]1CCCC[C@H]1C)CCCC2. The average Bonchev–Trinajstić information content (AvgIpc) is 3.00. The van der Waals surface area contributed by atoms with E-state index in [1.165, 1.54) is 24.7 Å². The summed E-state index contributed by atoms with van der Waals surface area (Å²) in [4.78, 5) is 38.2. The third-order valence-corrected chi connectivity index (χ3v) is 6.96. The topological polar surface area (TPSA) is 84.5 Å². The van der Waals surface area contributed by atoms with Crippen LogP contribution in [0.15, 0.2) is 0 Å². The zero-order chi connectivity index (χ0) is 20.3. The number of anilines is 1. The third kappa shape index (κ3) is 4.74. The van der Waals surface area contributed by atoms with Crippen LogP contribution in [-0.2, 0) is 27.2 Å². The summed E-state index contributed by atoms with van der Waals surface area (Å²) in [6, 6.07) is 0.145. The number of amides is 2. The van der Waals surface area contributed by atoms with Crippen LogP contribution in [0.3, 0.4) is 0 Å². The Balaban J connectivity index is 1.70. The highest BCUT2D eigenvalue weighted by atomic mass is 32.1. The van der Waals surface area contributed by atoms with Crippen molar-refractivity contribution in [1.29, 1.82) is 0 Å². The van der Waals surface area contributed by atoms with Gasteiger partial charge in [0.05, 0.1) is 5.56 Å². The van der Waals surface area contributed by atoms with Crippen molar-refractivity contribution in [1.82, 2.24) is 5.32 Å². The minimum Gasteiger partial charge on any atom is -0.449 e. The van der Waals surface area contributed by atoms with Crippen molar-refractivity contribution in [2.45, 2.75) is 84.3 Å². The zero-order valence-electron chi connectivity index (χ0n) is 16.9. The number of esters is 1. The van der Waals surface area contributed by atoms with Gasteiger partial charge in [-0.15, -0.1) is 11.3 Å². The van der Waals surface area contributed by atoms with E-state index >= 15 is 0 Å². The van der Waals surface area contributed by atoms with E-state index in [0.29, 0.717) is 16.5 Å². The number of hydrogen-bond donors (Lipinski definition) is 2. The summed E-state index contributed by atoms with van der Waals surface area (Å²) in [6.07, 6.45) is 7.34. The molecule has 7 heteroatoms. The molecule has 0 aliphatic heterocycles. The molecule has 3 atom stereocenters. The second-order valence-corrected chi connectivity index (χ2v) is 9.13. The second-order valence-electron chi connectivity index (χ2n) is 8.02. The summed E-state index contributed by atoms with van der Waals surface area (Å²) in [7, 11) is 0. The van der Waals surface area contributed by atoms with Crippen LogP contribution < -0.4 is 10.6 Å². The molecule has 3 rings (SSSR count). The molecule has 0 saturated heterocycles. The molecule has 1 aromatic rings. The molecule has 1 saturated carbocycles. The summed E-state index contributed by atoms with van der Waals surface area (Å²) in [6.45, 7) is 5.19. The molecule has 0 spiro atoms. The quantitative estimate of drug-likeness (QED) is 0.728. The largest absolute Gasteiger partial charge is 0.449 e. The van der Waals surface area contributed by atoms with E-state index in [1.54, 1.807) is 6.92 Å². The lowest BCUT2D eigenvalue weighted by atomic mass is 9.86. The highest BCUT2D eigenvalue weighted by Crippen LogP contribution is 2.38. The minimum atomic E-state index is -0.869. The maximum atomic E-state index is 12.9. The van der Waals surface area contributed by atoms with E-state index in [-0.39, 0.29) is 17.9 Å². The van der Waals surface area contributed by atoms with Gasteiger partial charge in [-0.05, 0) is 56.9 Å². The Morgan fingerprint density at radius 2 is 1.82 bits per heavy atom. The molecule has 2 N–H and O–H groups in total. The lowest BCUT2D eigenvalue weighted by Gasteiger charge is -2.30. The molecule has 0 radical (unpaired) electrons. The van der Waals surface area contributed by atoms with Crippen LogP contribution in [0.5, 0.6) is 0 Å². The minimum absolute atomic E-state index is 0.145. The summed E-state index contributed by atoms with van der Waals surface area (Å²) in [5.41, 5.74) is 1.40. The Labute approximate surface area is 170 Å². The average molecular weight is 407 g/mol. The number of carbonyl (C=O) groups is 3. The number of ether oxygens (including phenoxy) is 1. The zero-order valence-corrected chi connectivity index (χ0v) is 17.7. The molecule has 0 bridgehead atoms. The fourth-order valence-electron chi connectivity index (χ4n) is 4.13. The molecular weight excluding hydrogens is 376 g/mol. The Kier molecular flexibility index (Phi) is 6.75. The van der Waals surface area contributed by atoms with Crippen LogP contribution in [0.25, 0.3) is 0 Å². The molecule has 154 valence electrons. The summed E-state index contributed by atoms with van der Waals surface area (Å²) >= 11 is 1.45. The van der Waals surface area contributed by atoms with Crippen molar-refractivity contribution in [2.24, 2.45) is 5.92 Å². The van der Waals surface area contributed by atoms with Gasteiger partial charge >= 0.3 is 5.97 Å². The first-order valence-corrected chi connectivity index (χ1v) is 11.1. The molecule has 2 aliphatic rings. The van der Waals surface area contributed by atoms with Gasteiger partial charge in [0.2, 0.25) is 5.91 Å².